The second kappa shape index (κ2) is 12.0. The summed E-state index contributed by atoms with van der Waals surface area (Å²) in [5.74, 6) is 0.238. The third kappa shape index (κ3) is 8.11. The summed E-state index contributed by atoms with van der Waals surface area (Å²) in [6.07, 6.45) is 0. The summed E-state index contributed by atoms with van der Waals surface area (Å²) in [6, 6.07) is 12.9. The molecule has 0 aliphatic heterocycles. The minimum absolute atomic E-state index is 0. The first-order valence-corrected chi connectivity index (χ1v) is 10.2. The number of sulfonamides is 1. The molecule has 6 nitrogen and oxygen atoms in total. The fourth-order valence-electron chi connectivity index (χ4n) is 2.31. The van der Waals surface area contributed by atoms with Crippen molar-refractivity contribution in [1.29, 1.82) is 0 Å². The van der Waals surface area contributed by atoms with Crippen LogP contribution in [0, 0.1) is 12.7 Å². The van der Waals surface area contributed by atoms with E-state index in [2.05, 4.69) is 20.3 Å². The minimum atomic E-state index is -3.54. The van der Waals surface area contributed by atoms with Crippen LogP contribution in [0.25, 0.3) is 0 Å². The average molecular weight is 520 g/mol. The van der Waals surface area contributed by atoms with E-state index in [0.717, 1.165) is 11.1 Å². The Labute approximate surface area is 183 Å². The highest BCUT2D eigenvalue weighted by Crippen LogP contribution is 2.09. The molecule has 0 fully saturated rings. The summed E-state index contributed by atoms with van der Waals surface area (Å²) >= 11 is 0. The molecule has 2 aromatic carbocycles. The van der Waals surface area contributed by atoms with E-state index >= 15 is 0 Å². The quantitative estimate of drug-likeness (QED) is 0.217. The van der Waals surface area contributed by atoms with Gasteiger partial charge in [0.1, 0.15) is 5.82 Å². The standard InChI is InChI=1S/C19H25FN4O2S.HI/c1-3-21-19(23-14-16-5-4-6-17(20)13-16)22-11-12-24-27(25,26)18-9-7-15(2)8-10-18;/h4-10,13,24H,3,11-12,14H2,1-2H3,(H2,21,22,23);1H. The fraction of sp³-hybridized carbons (Fsp3) is 0.316. The topological polar surface area (TPSA) is 82.6 Å². The summed E-state index contributed by atoms with van der Waals surface area (Å²) in [6.45, 7) is 5.38. The van der Waals surface area contributed by atoms with Gasteiger partial charge in [-0.2, -0.15) is 0 Å². The van der Waals surface area contributed by atoms with Crippen molar-refractivity contribution < 1.29 is 12.8 Å². The van der Waals surface area contributed by atoms with E-state index in [4.69, 9.17) is 0 Å². The Balaban J connectivity index is 0.00000392. The molecule has 0 aliphatic rings. The van der Waals surface area contributed by atoms with Gasteiger partial charge in [-0.15, -0.1) is 24.0 Å². The van der Waals surface area contributed by atoms with E-state index in [1.807, 2.05) is 13.8 Å². The van der Waals surface area contributed by atoms with Gasteiger partial charge in [0.05, 0.1) is 11.4 Å². The molecule has 0 unspecified atom stereocenters. The van der Waals surface area contributed by atoms with Crippen molar-refractivity contribution in [2.45, 2.75) is 25.3 Å². The number of hydrogen-bond donors (Lipinski definition) is 3. The lowest BCUT2D eigenvalue weighted by Gasteiger charge is -2.12. The summed E-state index contributed by atoms with van der Waals surface area (Å²) in [7, 11) is -3.54. The van der Waals surface area contributed by atoms with Gasteiger partial charge < -0.3 is 10.6 Å². The first-order valence-electron chi connectivity index (χ1n) is 8.73. The highest BCUT2D eigenvalue weighted by molar-refractivity contribution is 14.0. The number of hydrogen-bond acceptors (Lipinski definition) is 3. The van der Waals surface area contributed by atoms with Gasteiger partial charge in [-0.3, -0.25) is 0 Å². The average Bonchev–Trinajstić information content (AvgIpc) is 2.63. The first kappa shape index (κ1) is 24.3. The number of aryl methyl sites for hydroxylation is 1. The van der Waals surface area contributed by atoms with E-state index in [0.29, 0.717) is 25.6 Å². The largest absolute Gasteiger partial charge is 0.357 e. The zero-order valence-electron chi connectivity index (χ0n) is 15.9. The summed E-state index contributed by atoms with van der Waals surface area (Å²) in [5, 5.41) is 6.13. The van der Waals surface area contributed by atoms with E-state index in [9.17, 15) is 12.8 Å². The van der Waals surface area contributed by atoms with Crippen LogP contribution in [0.1, 0.15) is 18.1 Å². The SMILES string of the molecule is CCNC(=NCc1cccc(F)c1)NCCNS(=O)(=O)c1ccc(C)cc1.I. The van der Waals surface area contributed by atoms with Crippen LogP contribution in [-0.2, 0) is 16.6 Å². The summed E-state index contributed by atoms with van der Waals surface area (Å²) < 4.78 is 40.2. The lowest BCUT2D eigenvalue weighted by molar-refractivity contribution is 0.580. The molecule has 0 saturated heterocycles. The maximum absolute atomic E-state index is 13.2. The number of aliphatic imine (C=N–C) groups is 1. The van der Waals surface area contributed by atoms with Crippen LogP contribution in [-0.4, -0.2) is 34.0 Å². The van der Waals surface area contributed by atoms with Crippen LogP contribution in [0.4, 0.5) is 4.39 Å². The van der Waals surface area contributed by atoms with Crippen LogP contribution in [0.3, 0.4) is 0 Å². The Kier molecular flexibility index (Phi) is 10.4. The Morgan fingerprint density at radius 1 is 1.07 bits per heavy atom. The molecule has 3 N–H and O–H groups in total. The fourth-order valence-corrected chi connectivity index (χ4v) is 3.35. The van der Waals surface area contributed by atoms with Gasteiger partial charge in [-0.05, 0) is 43.7 Å². The van der Waals surface area contributed by atoms with Crippen molar-refractivity contribution in [2.75, 3.05) is 19.6 Å². The Morgan fingerprint density at radius 3 is 2.43 bits per heavy atom. The third-order valence-corrected chi connectivity index (χ3v) is 5.17. The molecule has 0 aliphatic carbocycles. The molecule has 0 atom stereocenters. The number of nitrogens with one attached hydrogen (secondary N) is 3. The lowest BCUT2D eigenvalue weighted by Crippen LogP contribution is -2.41. The first-order chi connectivity index (χ1) is 12.9. The van der Waals surface area contributed by atoms with Gasteiger partial charge in [0.2, 0.25) is 10.0 Å². The van der Waals surface area contributed by atoms with E-state index in [1.54, 1.807) is 36.4 Å². The van der Waals surface area contributed by atoms with E-state index < -0.39 is 10.0 Å². The van der Waals surface area contributed by atoms with Crippen molar-refractivity contribution in [1.82, 2.24) is 15.4 Å². The van der Waals surface area contributed by atoms with Gasteiger partial charge in [-0.1, -0.05) is 29.8 Å². The Hall–Kier alpha value is -1.72. The molecule has 0 bridgehead atoms. The van der Waals surface area contributed by atoms with Crippen LogP contribution in [0.15, 0.2) is 58.4 Å². The molecule has 2 aromatic rings. The van der Waals surface area contributed by atoms with Crippen molar-refractivity contribution in [2.24, 2.45) is 4.99 Å². The number of rotatable bonds is 8. The smallest absolute Gasteiger partial charge is 0.240 e. The lowest BCUT2D eigenvalue weighted by atomic mass is 10.2. The Morgan fingerprint density at radius 2 is 1.79 bits per heavy atom. The van der Waals surface area contributed by atoms with Gasteiger partial charge >= 0.3 is 0 Å². The molecular formula is C19H26FIN4O2S. The van der Waals surface area contributed by atoms with E-state index in [1.165, 1.54) is 12.1 Å². The van der Waals surface area contributed by atoms with Gasteiger partial charge in [0.25, 0.3) is 0 Å². The molecule has 0 heterocycles. The molecule has 0 aromatic heterocycles. The molecule has 154 valence electrons. The van der Waals surface area contributed by atoms with Crippen LogP contribution in [0.5, 0.6) is 0 Å². The molecule has 2 rings (SSSR count). The zero-order valence-corrected chi connectivity index (χ0v) is 19.1. The highest BCUT2D eigenvalue weighted by atomic mass is 127. The molecule has 0 spiro atoms. The molecule has 0 amide bonds. The summed E-state index contributed by atoms with van der Waals surface area (Å²) in [5.41, 5.74) is 1.76. The second-order valence-corrected chi connectivity index (χ2v) is 7.73. The third-order valence-electron chi connectivity index (χ3n) is 3.69. The van der Waals surface area contributed by atoms with Crippen LogP contribution in [0.2, 0.25) is 0 Å². The minimum Gasteiger partial charge on any atom is -0.357 e. The number of guanidine groups is 1. The van der Waals surface area contributed by atoms with Gasteiger partial charge in [0.15, 0.2) is 5.96 Å². The van der Waals surface area contributed by atoms with Crippen molar-refractivity contribution in [3.63, 3.8) is 0 Å². The molecular weight excluding hydrogens is 494 g/mol. The van der Waals surface area contributed by atoms with Crippen LogP contribution >= 0.6 is 24.0 Å². The zero-order chi connectivity index (χ0) is 19.7. The summed E-state index contributed by atoms with van der Waals surface area (Å²) in [4.78, 5) is 4.61. The molecule has 9 heteroatoms. The number of halogens is 2. The van der Waals surface area contributed by atoms with Crippen molar-refractivity contribution in [3.8, 4) is 0 Å². The Bertz CT molecular complexity index is 874. The predicted octanol–water partition coefficient (Wildman–Crippen LogP) is 2.79. The predicted molar refractivity (Wildman–Crippen MR) is 121 cm³/mol. The van der Waals surface area contributed by atoms with Gasteiger partial charge in [-0.25, -0.2) is 22.5 Å². The van der Waals surface area contributed by atoms with Crippen molar-refractivity contribution in [3.05, 3.63) is 65.5 Å². The molecule has 0 radical (unpaired) electrons. The van der Waals surface area contributed by atoms with Crippen molar-refractivity contribution >= 4 is 40.0 Å². The van der Waals surface area contributed by atoms with E-state index in [-0.39, 0.29) is 41.2 Å². The second-order valence-electron chi connectivity index (χ2n) is 5.96. The maximum atomic E-state index is 13.2. The van der Waals surface area contributed by atoms with Crippen LogP contribution < -0.4 is 15.4 Å². The van der Waals surface area contributed by atoms with Gasteiger partial charge in [0, 0.05) is 19.6 Å². The number of nitrogens with zero attached hydrogens (tertiary/aromatic N) is 1. The number of benzene rings is 2. The monoisotopic (exact) mass is 520 g/mol. The molecule has 0 saturated carbocycles. The normalized spacial score (nSPS) is 11.6. The molecule has 28 heavy (non-hydrogen) atoms. The highest BCUT2D eigenvalue weighted by Gasteiger charge is 2.12. The maximum Gasteiger partial charge on any atom is 0.240 e.